The Hall–Kier alpha value is -0.0400. The van der Waals surface area contributed by atoms with Gasteiger partial charge in [-0.3, -0.25) is 4.90 Å². The molecule has 4 aliphatic carbocycles. The molecule has 4 saturated carbocycles. The number of hydrogen-bond acceptors (Lipinski definition) is 1. The minimum Gasteiger partial charge on any atom is -0.294 e. The summed E-state index contributed by atoms with van der Waals surface area (Å²) in [4.78, 5) is 3.15. The molecule has 0 radical (unpaired) electrons. The highest BCUT2D eigenvalue weighted by molar-refractivity contribution is 4.92. The smallest absolute Gasteiger partial charge is 0.0101 e. The Labute approximate surface area is 163 Å². The van der Waals surface area contributed by atoms with E-state index >= 15 is 0 Å². The van der Waals surface area contributed by atoms with Crippen molar-refractivity contribution < 1.29 is 0 Å². The van der Waals surface area contributed by atoms with Gasteiger partial charge in [0.05, 0.1) is 0 Å². The van der Waals surface area contributed by atoms with E-state index in [1.54, 1.807) is 25.7 Å². The summed E-state index contributed by atoms with van der Waals surface area (Å²) in [5, 5.41) is 0. The molecular weight excluding hydrogens is 314 g/mol. The average Bonchev–Trinajstić information content (AvgIpc) is 2.72. The normalized spacial score (nSPS) is 38.5. The summed E-state index contributed by atoms with van der Waals surface area (Å²) < 4.78 is 0. The zero-order valence-electron chi connectivity index (χ0n) is 17.6. The minimum absolute atomic E-state index is 0.936. The van der Waals surface area contributed by atoms with Crippen molar-refractivity contribution in [1.29, 1.82) is 0 Å². The van der Waals surface area contributed by atoms with Crippen LogP contribution in [-0.2, 0) is 0 Å². The summed E-state index contributed by atoms with van der Waals surface area (Å²) in [6.45, 7) is 2.48. The van der Waals surface area contributed by atoms with Gasteiger partial charge in [-0.2, -0.15) is 0 Å². The summed E-state index contributed by atoms with van der Waals surface area (Å²) in [5.74, 6) is 3.18. The fourth-order valence-electron chi connectivity index (χ4n) is 7.29. The van der Waals surface area contributed by atoms with Crippen LogP contribution in [0.25, 0.3) is 0 Å². The van der Waals surface area contributed by atoms with Gasteiger partial charge in [0, 0.05) is 18.1 Å². The van der Waals surface area contributed by atoms with Crippen LogP contribution in [0.1, 0.15) is 122 Å². The molecule has 1 nitrogen and oxygen atoms in total. The van der Waals surface area contributed by atoms with Gasteiger partial charge in [-0.15, -0.1) is 0 Å². The predicted molar refractivity (Wildman–Crippen MR) is 112 cm³/mol. The molecule has 0 bridgehead atoms. The Morgan fingerprint density at radius 3 is 1.42 bits per heavy atom. The second kappa shape index (κ2) is 9.44. The van der Waals surface area contributed by atoms with Crippen LogP contribution < -0.4 is 0 Å². The van der Waals surface area contributed by atoms with Gasteiger partial charge >= 0.3 is 0 Å². The molecule has 26 heavy (non-hydrogen) atoms. The first-order valence-corrected chi connectivity index (χ1v) is 12.6. The van der Waals surface area contributed by atoms with E-state index in [1.165, 1.54) is 89.9 Å². The number of hydrogen-bond donors (Lipinski definition) is 0. The van der Waals surface area contributed by atoms with Gasteiger partial charge in [0.25, 0.3) is 0 Å². The molecule has 0 saturated heterocycles. The maximum absolute atomic E-state index is 3.15. The van der Waals surface area contributed by atoms with E-state index in [0.29, 0.717) is 0 Å². The van der Waals surface area contributed by atoms with Crippen molar-refractivity contribution in [2.45, 2.75) is 141 Å². The minimum atomic E-state index is 0.936. The SMILES string of the molecule is CC1CCC(N(C2CCCCC2)C2CCC(C3CCCCC3)CC2)CC1. The van der Waals surface area contributed by atoms with E-state index in [2.05, 4.69) is 11.8 Å². The Bertz CT molecular complexity index is 390. The largest absolute Gasteiger partial charge is 0.294 e. The highest BCUT2D eigenvalue weighted by Gasteiger charge is 2.37. The molecule has 0 heterocycles. The molecule has 4 aliphatic rings. The van der Waals surface area contributed by atoms with E-state index in [1.807, 2.05) is 0 Å². The predicted octanol–water partition coefficient (Wildman–Crippen LogP) is 7.34. The average molecular weight is 360 g/mol. The van der Waals surface area contributed by atoms with Crippen LogP contribution in [0.4, 0.5) is 0 Å². The van der Waals surface area contributed by atoms with E-state index in [-0.39, 0.29) is 0 Å². The molecule has 0 aromatic carbocycles. The molecule has 150 valence electrons. The second-order valence-electron chi connectivity index (χ2n) is 10.6. The standard InChI is InChI=1S/C25H45N/c1-20-12-16-24(17-13-20)26(23-10-6-3-7-11-23)25-18-14-22(15-19-25)21-8-4-2-5-9-21/h20-25H,2-19H2,1H3. The maximum atomic E-state index is 3.15. The molecule has 0 unspecified atom stereocenters. The van der Waals surface area contributed by atoms with Gasteiger partial charge in [0.1, 0.15) is 0 Å². The Kier molecular flexibility index (Phi) is 7.00. The first kappa shape index (κ1) is 19.3. The lowest BCUT2D eigenvalue weighted by molar-refractivity contribution is 0.00455. The monoisotopic (exact) mass is 359 g/mol. The third-order valence-corrected chi connectivity index (χ3v) is 8.88. The lowest BCUT2D eigenvalue weighted by atomic mass is 9.71. The molecule has 0 aromatic rings. The lowest BCUT2D eigenvalue weighted by Gasteiger charge is -2.49. The highest BCUT2D eigenvalue weighted by Crippen LogP contribution is 2.42. The second-order valence-corrected chi connectivity index (χ2v) is 10.6. The fourth-order valence-corrected chi connectivity index (χ4v) is 7.29. The van der Waals surface area contributed by atoms with Gasteiger partial charge < -0.3 is 0 Å². The Morgan fingerprint density at radius 2 is 0.846 bits per heavy atom. The number of rotatable bonds is 4. The summed E-state index contributed by atoms with van der Waals surface area (Å²) in [6.07, 6.45) is 27.4. The third-order valence-electron chi connectivity index (χ3n) is 8.88. The van der Waals surface area contributed by atoms with Crippen LogP contribution in [-0.4, -0.2) is 23.0 Å². The first-order chi connectivity index (χ1) is 12.8. The molecule has 0 N–H and O–H groups in total. The van der Waals surface area contributed by atoms with Gasteiger partial charge in [0.2, 0.25) is 0 Å². The molecular formula is C25H45N. The molecule has 0 atom stereocenters. The van der Waals surface area contributed by atoms with E-state index in [9.17, 15) is 0 Å². The Morgan fingerprint density at radius 1 is 0.423 bits per heavy atom. The van der Waals surface area contributed by atoms with Gasteiger partial charge in [-0.1, -0.05) is 58.3 Å². The van der Waals surface area contributed by atoms with Crippen LogP contribution in [0.2, 0.25) is 0 Å². The van der Waals surface area contributed by atoms with Crippen molar-refractivity contribution in [3.63, 3.8) is 0 Å². The molecule has 0 spiro atoms. The lowest BCUT2D eigenvalue weighted by Crippen LogP contribution is -2.52. The summed E-state index contributed by atoms with van der Waals surface area (Å²) in [6, 6.07) is 2.82. The summed E-state index contributed by atoms with van der Waals surface area (Å²) >= 11 is 0. The van der Waals surface area contributed by atoms with Crippen molar-refractivity contribution in [2.24, 2.45) is 17.8 Å². The van der Waals surface area contributed by atoms with Gasteiger partial charge in [0.15, 0.2) is 0 Å². The van der Waals surface area contributed by atoms with Crippen molar-refractivity contribution >= 4 is 0 Å². The van der Waals surface area contributed by atoms with Crippen LogP contribution in [0, 0.1) is 17.8 Å². The zero-order valence-corrected chi connectivity index (χ0v) is 17.6. The van der Waals surface area contributed by atoms with E-state index < -0.39 is 0 Å². The van der Waals surface area contributed by atoms with Crippen molar-refractivity contribution in [3.8, 4) is 0 Å². The van der Waals surface area contributed by atoms with Crippen LogP contribution >= 0.6 is 0 Å². The van der Waals surface area contributed by atoms with Crippen molar-refractivity contribution in [3.05, 3.63) is 0 Å². The molecule has 4 rings (SSSR count). The topological polar surface area (TPSA) is 3.24 Å². The van der Waals surface area contributed by atoms with Crippen LogP contribution in [0.3, 0.4) is 0 Å². The molecule has 0 amide bonds. The molecule has 4 fully saturated rings. The zero-order chi connectivity index (χ0) is 17.8. The van der Waals surface area contributed by atoms with Crippen molar-refractivity contribution in [2.75, 3.05) is 0 Å². The van der Waals surface area contributed by atoms with Gasteiger partial charge in [-0.05, 0) is 82.0 Å². The van der Waals surface area contributed by atoms with Crippen LogP contribution in [0.15, 0.2) is 0 Å². The van der Waals surface area contributed by atoms with E-state index in [0.717, 1.165) is 35.9 Å². The van der Waals surface area contributed by atoms with Gasteiger partial charge in [-0.25, -0.2) is 0 Å². The summed E-state index contributed by atoms with van der Waals surface area (Å²) in [7, 11) is 0. The molecule has 1 heteroatoms. The first-order valence-electron chi connectivity index (χ1n) is 12.6. The van der Waals surface area contributed by atoms with Crippen LogP contribution in [0.5, 0.6) is 0 Å². The molecule has 0 aliphatic heterocycles. The highest BCUT2D eigenvalue weighted by atomic mass is 15.2. The summed E-state index contributed by atoms with van der Waals surface area (Å²) in [5.41, 5.74) is 0. The van der Waals surface area contributed by atoms with Crippen molar-refractivity contribution in [1.82, 2.24) is 4.90 Å². The van der Waals surface area contributed by atoms with E-state index in [4.69, 9.17) is 0 Å². The third kappa shape index (κ3) is 4.68. The number of nitrogens with zero attached hydrogens (tertiary/aromatic N) is 1. The quantitative estimate of drug-likeness (QED) is 0.507. The Balaban J connectivity index is 1.37. The maximum Gasteiger partial charge on any atom is 0.0101 e. The fraction of sp³-hybridized carbons (Fsp3) is 1.00. The molecule has 0 aromatic heterocycles.